The maximum Gasteiger partial charge on any atom is 0.340 e. The van der Waals surface area contributed by atoms with Crippen molar-refractivity contribution in [2.45, 2.75) is 13.8 Å². The maximum absolute atomic E-state index is 13.3. The molecule has 7 heteroatoms. The lowest BCUT2D eigenvalue weighted by atomic mass is 9.99. The fourth-order valence-electron chi connectivity index (χ4n) is 3.45. The van der Waals surface area contributed by atoms with Gasteiger partial charge >= 0.3 is 5.97 Å². The summed E-state index contributed by atoms with van der Waals surface area (Å²) in [6.45, 7) is 3.77. The first-order valence-electron chi connectivity index (χ1n) is 8.56. The number of ether oxygens (including phenoxy) is 1. The van der Waals surface area contributed by atoms with Crippen molar-refractivity contribution in [3.8, 4) is 28.2 Å². The highest BCUT2D eigenvalue weighted by Crippen LogP contribution is 2.41. The van der Waals surface area contributed by atoms with E-state index in [-0.39, 0.29) is 11.3 Å². The highest BCUT2D eigenvalue weighted by atomic mass is 19.1. The van der Waals surface area contributed by atoms with E-state index < -0.39 is 11.8 Å². The van der Waals surface area contributed by atoms with Crippen LogP contribution in [0.3, 0.4) is 0 Å². The fraction of sp³-hybridized carbons (Fsp3) is 0.143. The lowest BCUT2D eigenvalue weighted by molar-refractivity contribution is 0.0699. The Labute approximate surface area is 159 Å². The van der Waals surface area contributed by atoms with E-state index in [4.69, 9.17) is 9.15 Å². The number of hydrogen-bond donors (Lipinski definition) is 2. The Hall–Kier alpha value is -3.61. The molecule has 0 unspecified atom stereocenters. The van der Waals surface area contributed by atoms with Crippen LogP contribution >= 0.6 is 0 Å². The summed E-state index contributed by atoms with van der Waals surface area (Å²) in [5.41, 5.74) is 4.15. The summed E-state index contributed by atoms with van der Waals surface area (Å²) >= 11 is 0. The van der Waals surface area contributed by atoms with E-state index >= 15 is 0 Å². The number of carbonyl (C=O) groups is 1. The van der Waals surface area contributed by atoms with Crippen LogP contribution in [-0.2, 0) is 0 Å². The number of benzene rings is 2. The number of methoxy groups -OCH3 is 1. The molecule has 0 aliphatic heterocycles. The Kier molecular flexibility index (Phi) is 4.15. The maximum atomic E-state index is 13.3. The molecule has 2 N–H and O–H groups in total. The van der Waals surface area contributed by atoms with Gasteiger partial charge in [-0.15, -0.1) is 0 Å². The van der Waals surface area contributed by atoms with E-state index in [2.05, 4.69) is 10.2 Å². The summed E-state index contributed by atoms with van der Waals surface area (Å²) in [7, 11) is 1.52. The Balaban J connectivity index is 2.03. The van der Waals surface area contributed by atoms with Gasteiger partial charge in [-0.3, -0.25) is 5.10 Å². The number of H-pyrrole nitrogens is 1. The molecule has 142 valence electrons. The second-order valence-electron chi connectivity index (χ2n) is 6.48. The Morgan fingerprint density at radius 3 is 2.50 bits per heavy atom. The lowest BCUT2D eigenvalue weighted by Gasteiger charge is -2.09. The molecule has 2 heterocycles. The molecule has 0 saturated carbocycles. The predicted octanol–water partition coefficient (Wildman–Crippen LogP) is 4.95. The van der Waals surface area contributed by atoms with Crippen molar-refractivity contribution in [2.75, 3.05) is 7.11 Å². The van der Waals surface area contributed by atoms with Crippen LogP contribution in [0.15, 0.2) is 40.8 Å². The van der Waals surface area contributed by atoms with E-state index in [0.29, 0.717) is 22.3 Å². The van der Waals surface area contributed by atoms with Gasteiger partial charge in [0.25, 0.3) is 0 Å². The largest absolute Gasteiger partial charge is 0.496 e. The standard InChI is InChI=1S/C21H17FN2O4/c1-10-18(11(2)24-23-10)14-9-17-15(8-16(14)27-3)19(21(25)26)20(28-17)12-4-6-13(22)7-5-12/h4-9H,1-3H3,(H,23,24)(H,25,26). The highest BCUT2D eigenvalue weighted by Gasteiger charge is 2.25. The quantitative estimate of drug-likeness (QED) is 0.523. The smallest absolute Gasteiger partial charge is 0.340 e. The van der Waals surface area contributed by atoms with Crippen LogP contribution in [-0.4, -0.2) is 28.4 Å². The van der Waals surface area contributed by atoms with E-state index in [0.717, 1.165) is 22.5 Å². The average Bonchev–Trinajstić information content (AvgIpc) is 3.20. The number of carboxylic acids is 1. The van der Waals surface area contributed by atoms with E-state index in [1.165, 1.54) is 31.4 Å². The highest BCUT2D eigenvalue weighted by molar-refractivity contribution is 6.09. The number of rotatable bonds is 4. The van der Waals surface area contributed by atoms with Crippen LogP contribution in [0.2, 0.25) is 0 Å². The van der Waals surface area contributed by atoms with E-state index in [9.17, 15) is 14.3 Å². The number of aryl methyl sites for hydroxylation is 2. The van der Waals surface area contributed by atoms with Crippen molar-refractivity contribution in [3.05, 3.63) is 59.2 Å². The van der Waals surface area contributed by atoms with Crippen molar-refractivity contribution < 1.29 is 23.4 Å². The van der Waals surface area contributed by atoms with Gasteiger partial charge < -0.3 is 14.3 Å². The zero-order chi connectivity index (χ0) is 20.0. The predicted molar refractivity (Wildman–Crippen MR) is 102 cm³/mol. The monoisotopic (exact) mass is 380 g/mol. The molecule has 0 aliphatic rings. The third-order valence-corrected chi connectivity index (χ3v) is 4.73. The first-order valence-corrected chi connectivity index (χ1v) is 8.56. The van der Waals surface area contributed by atoms with E-state index in [1.807, 2.05) is 13.8 Å². The topological polar surface area (TPSA) is 88.3 Å². The number of halogens is 1. The summed E-state index contributed by atoms with van der Waals surface area (Å²) in [5.74, 6) is -0.869. The SMILES string of the molecule is COc1cc2c(C(=O)O)c(-c3ccc(F)cc3)oc2cc1-c1c(C)n[nH]c1C. The summed E-state index contributed by atoms with van der Waals surface area (Å²) in [6, 6.07) is 8.90. The minimum atomic E-state index is -1.14. The molecular formula is C21H17FN2O4. The second-order valence-corrected chi connectivity index (χ2v) is 6.48. The number of aromatic carboxylic acids is 1. The van der Waals surface area contributed by atoms with Gasteiger partial charge in [0.15, 0.2) is 0 Å². The number of hydrogen-bond acceptors (Lipinski definition) is 4. The molecule has 2 aromatic heterocycles. The molecule has 0 radical (unpaired) electrons. The molecule has 0 aliphatic carbocycles. The van der Waals surface area contributed by atoms with Crippen LogP contribution < -0.4 is 4.74 Å². The summed E-state index contributed by atoms with van der Waals surface area (Å²) in [4.78, 5) is 12.0. The van der Waals surface area contributed by atoms with Gasteiger partial charge in [0.2, 0.25) is 0 Å². The summed E-state index contributed by atoms with van der Waals surface area (Å²) < 4.78 is 24.7. The van der Waals surface area contributed by atoms with Crippen LogP contribution in [0, 0.1) is 19.7 Å². The van der Waals surface area contributed by atoms with Crippen molar-refractivity contribution in [1.82, 2.24) is 10.2 Å². The van der Waals surface area contributed by atoms with Crippen molar-refractivity contribution in [2.24, 2.45) is 0 Å². The molecular weight excluding hydrogens is 363 g/mol. The third-order valence-electron chi connectivity index (χ3n) is 4.73. The molecule has 6 nitrogen and oxygen atoms in total. The first-order chi connectivity index (χ1) is 13.4. The zero-order valence-electron chi connectivity index (χ0n) is 15.5. The van der Waals surface area contributed by atoms with Crippen LogP contribution in [0.4, 0.5) is 4.39 Å². The Morgan fingerprint density at radius 1 is 1.21 bits per heavy atom. The van der Waals surface area contributed by atoms with Crippen LogP contribution in [0.5, 0.6) is 5.75 Å². The van der Waals surface area contributed by atoms with Gasteiger partial charge in [-0.2, -0.15) is 5.10 Å². The van der Waals surface area contributed by atoms with Gasteiger partial charge in [0.1, 0.15) is 28.5 Å². The second kappa shape index (κ2) is 6.53. The minimum Gasteiger partial charge on any atom is -0.496 e. The number of furan rings is 1. The fourth-order valence-corrected chi connectivity index (χ4v) is 3.45. The van der Waals surface area contributed by atoms with Gasteiger partial charge in [-0.1, -0.05) is 0 Å². The molecule has 28 heavy (non-hydrogen) atoms. The molecule has 0 fully saturated rings. The Bertz CT molecular complexity index is 1190. The van der Waals surface area contributed by atoms with Gasteiger partial charge in [0, 0.05) is 27.8 Å². The zero-order valence-corrected chi connectivity index (χ0v) is 15.5. The van der Waals surface area contributed by atoms with Crippen molar-refractivity contribution in [3.63, 3.8) is 0 Å². The normalized spacial score (nSPS) is 11.1. The van der Waals surface area contributed by atoms with Gasteiger partial charge in [-0.05, 0) is 50.2 Å². The molecule has 4 aromatic rings. The van der Waals surface area contributed by atoms with Gasteiger partial charge in [-0.25, -0.2) is 9.18 Å². The minimum absolute atomic E-state index is 0.00657. The van der Waals surface area contributed by atoms with Crippen molar-refractivity contribution >= 4 is 16.9 Å². The molecule has 0 atom stereocenters. The molecule has 0 spiro atoms. The number of aromatic nitrogens is 2. The average molecular weight is 380 g/mol. The third kappa shape index (κ3) is 2.72. The van der Waals surface area contributed by atoms with Gasteiger partial charge in [0.05, 0.1) is 12.8 Å². The molecule has 0 amide bonds. The lowest BCUT2D eigenvalue weighted by Crippen LogP contribution is -1.98. The number of fused-ring (bicyclic) bond motifs is 1. The molecule has 0 bridgehead atoms. The van der Waals surface area contributed by atoms with Crippen molar-refractivity contribution in [1.29, 1.82) is 0 Å². The number of nitrogens with zero attached hydrogens (tertiary/aromatic N) is 1. The summed E-state index contributed by atoms with van der Waals surface area (Å²) in [6.07, 6.45) is 0. The summed E-state index contributed by atoms with van der Waals surface area (Å²) in [5, 5.41) is 17.3. The van der Waals surface area contributed by atoms with E-state index in [1.54, 1.807) is 12.1 Å². The van der Waals surface area contributed by atoms with Crippen LogP contribution in [0.1, 0.15) is 21.7 Å². The Morgan fingerprint density at radius 2 is 1.93 bits per heavy atom. The first kappa shape index (κ1) is 17.8. The molecule has 0 saturated heterocycles. The number of carboxylic acid groups (broad SMARTS) is 1. The molecule has 4 rings (SSSR count). The number of nitrogens with one attached hydrogen (secondary N) is 1. The number of aromatic amines is 1. The molecule has 2 aromatic carbocycles. The van der Waals surface area contributed by atoms with Crippen LogP contribution in [0.25, 0.3) is 33.4 Å².